The molecule has 0 saturated carbocycles. The third-order valence-corrected chi connectivity index (χ3v) is 2.11. The van der Waals surface area contributed by atoms with Crippen LogP contribution in [0.2, 0.25) is 0 Å². The minimum Gasteiger partial charge on any atom is -0.494 e. The monoisotopic (exact) mass is 226 g/mol. The lowest BCUT2D eigenvalue weighted by Gasteiger charge is -2.09. The fourth-order valence-corrected chi connectivity index (χ4v) is 1.26. The summed E-state index contributed by atoms with van der Waals surface area (Å²) in [4.78, 5) is 10.2. The van der Waals surface area contributed by atoms with Crippen LogP contribution in [0.5, 0.6) is 5.75 Å². The molecule has 0 spiro atoms. The van der Waals surface area contributed by atoms with Crippen LogP contribution < -0.4 is 4.74 Å². The van der Waals surface area contributed by atoms with Gasteiger partial charge in [-0.2, -0.15) is 0 Å². The van der Waals surface area contributed by atoms with Gasteiger partial charge in [0.05, 0.1) is 24.3 Å². The van der Waals surface area contributed by atoms with Crippen LogP contribution in [0.15, 0.2) is 18.2 Å². The number of hydrogen-bond acceptors (Lipinski definition) is 3. The number of nitrogens with zero attached hydrogens (tertiary/aromatic N) is 1. The van der Waals surface area contributed by atoms with Crippen molar-refractivity contribution in [2.75, 3.05) is 13.3 Å². The SMILES string of the molecule is CCOc1cc([C](C)CF)cc([N+](=O)[O-])c1. The number of ether oxygens (including phenoxy) is 1. The van der Waals surface area contributed by atoms with Gasteiger partial charge in [0.1, 0.15) is 5.75 Å². The first kappa shape index (κ1) is 12.4. The van der Waals surface area contributed by atoms with E-state index in [9.17, 15) is 14.5 Å². The van der Waals surface area contributed by atoms with Crippen LogP contribution in [0.4, 0.5) is 10.1 Å². The number of nitro benzene ring substituents is 1. The summed E-state index contributed by atoms with van der Waals surface area (Å²) in [6, 6.07) is 4.28. The summed E-state index contributed by atoms with van der Waals surface area (Å²) in [5, 5.41) is 10.7. The quantitative estimate of drug-likeness (QED) is 0.573. The fraction of sp³-hybridized carbons (Fsp3) is 0.364. The van der Waals surface area contributed by atoms with E-state index in [1.165, 1.54) is 12.1 Å². The summed E-state index contributed by atoms with van der Waals surface area (Å²) in [5.74, 6) is 0.837. The molecule has 0 fully saturated rings. The van der Waals surface area contributed by atoms with Crippen molar-refractivity contribution in [3.05, 3.63) is 39.8 Å². The Labute approximate surface area is 93.2 Å². The van der Waals surface area contributed by atoms with E-state index in [1.54, 1.807) is 19.9 Å². The van der Waals surface area contributed by atoms with Crippen molar-refractivity contribution >= 4 is 5.69 Å². The zero-order valence-electron chi connectivity index (χ0n) is 9.20. The first-order valence-corrected chi connectivity index (χ1v) is 4.89. The number of benzene rings is 1. The second-order valence-corrected chi connectivity index (χ2v) is 3.32. The third-order valence-electron chi connectivity index (χ3n) is 2.11. The van der Waals surface area contributed by atoms with Crippen LogP contribution in [0.25, 0.3) is 0 Å². The molecule has 1 radical (unpaired) electrons. The number of hydrogen-bond donors (Lipinski definition) is 0. The average molecular weight is 226 g/mol. The molecular formula is C11H13FNO3. The highest BCUT2D eigenvalue weighted by Crippen LogP contribution is 2.27. The van der Waals surface area contributed by atoms with Gasteiger partial charge >= 0.3 is 0 Å². The van der Waals surface area contributed by atoms with Crippen molar-refractivity contribution in [2.24, 2.45) is 0 Å². The average Bonchev–Trinajstić information content (AvgIpc) is 2.28. The molecule has 16 heavy (non-hydrogen) atoms. The Morgan fingerprint density at radius 3 is 2.69 bits per heavy atom. The molecule has 0 heterocycles. The normalized spacial score (nSPS) is 10.5. The first-order chi connectivity index (χ1) is 7.58. The second kappa shape index (κ2) is 5.44. The van der Waals surface area contributed by atoms with Crippen molar-refractivity contribution in [1.82, 2.24) is 0 Å². The van der Waals surface area contributed by atoms with Crippen molar-refractivity contribution < 1.29 is 14.1 Å². The lowest BCUT2D eigenvalue weighted by molar-refractivity contribution is -0.385. The Hall–Kier alpha value is -1.65. The lowest BCUT2D eigenvalue weighted by Crippen LogP contribution is -2.01. The predicted molar refractivity (Wildman–Crippen MR) is 58.3 cm³/mol. The van der Waals surface area contributed by atoms with Gasteiger partial charge in [-0.15, -0.1) is 0 Å². The summed E-state index contributed by atoms with van der Waals surface area (Å²) in [5.41, 5.74) is 0.411. The summed E-state index contributed by atoms with van der Waals surface area (Å²) in [7, 11) is 0. The minimum absolute atomic E-state index is 0.0891. The molecule has 87 valence electrons. The van der Waals surface area contributed by atoms with Gasteiger partial charge in [-0.25, -0.2) is 0 Å². The van der Waals surface area contributed by atoms with E-state index in [1.807, 2.05) is 0 Å². The molecular weight excluding hydrogens is 213 g/mol. The van der Waals surface area contributed by atoms with E-state index in [-0.39, 0.29) is 5.69 Å². The second-order valence-electron chi connectivity index (χ2n) is 3.32. The predicted octanol–water partition coefficient (Wildman–Crippen LogP) is 2.91. The molecule has 0 unspecified atom stereocenters. The maximum atomic E-state index is 12.5. The van der Waals surface area contributed by atoms with E-state index in [0.717, 1.165) is 0 Å². The molecule has 0 atom stereocenters. The van der Waals surface area contributed by atoms with Crippen molar-refractivity contribution in [2.45, 2.75) is 13.8 Å². The highest BCUT2D eigenvalue weighted by atomic mass is 19.1. The Balaban J connectivity index is 3.13. The van der Waals surface area contributed by atoms with E-state index in [0.29, 0.717) is 23.8 Å². The highest BCUT2D eigenvalue weighted by molar-refractivity contribution is 5.47. The summed E-state index contributed by atoms with van der Waals surface area (Å²) in [6.45, 7) is 3.15. The van der Waals surface area contributed by atoms with E-state index in [4.69, 9.17) is 4.74 Å². The number of halogens is 1. The van der Waals surface area contributed by atoms with Crippen LogP contribution in [0.3, 0.4) is 0 Å². The Morgan fingerprint density at radius 2 is 2.19 bits per heavy atom. The largest absolute Gasteiger partial charge is 0.494 e. The van der Waals surface area contributed by atoms with Gasteiger partial charge in [-0.3, -0.25) is 14.5 Å². The van der Waals surface area contributed by atoms with Gasteiger partial charge in [0.25, 0.3) is 5.69 Å². The molecule has 1 aromatic carbocycles. The van der Waals surface area contributed by atoms with E-state index in [2.05, 4.69) is 0 Å². The Morgan fingerprint density at radius 1 is 1.50 bits per heavy atom. The van der Waals surface area contributed by atoms with E-state index >= 15 is 0 Å². The Bertz CT molecular complexity index is 381. The number of nitro groups is 1. The van der Waals surface area contributed by atoms with Crippen LogP contribution in [0.1, 0.15) is 19.4 Å². The standard InChI is InChI=1S/C11H13FNO3/c1-3-16-11-5-9(8(2)7-12)4-10(6-11)13(14)15/h4-6H,3,7H2,1-2H3. The molecule has 5 heteroatoms. The van der Waals surface area contributed by atoms with Crippen LogP contribution >= 0.6 is 0 Å². The van der Waals surface area contributed by atoms with Gasteiger partial charge in [0.2, 0.25) is 0 Å². The van der Waals surface area contributed by atoms with Crippen LogP contribution in [-0.2, 0) is 0 Å². The van der Waals surface area contributed by atoms with Gasteiger partial charge in [0, 0.05) is 12.0 Å². The molecule has 0 amide bonds. The minimum atomic E-state index is -0.632. The van der Waals surface area contributed by atoms with E-state index < -0.39 is 11.6 Å². The molecule has 1 rings (SSSR count). The molecule has 0 bridgehead atoms. The Kier molecular flexibility index (Phi) is 4.22. The van der Waals surface area contributed by atoms with Crippen molar-refractivity contribution in [3.63, 3.8) is 0 Å². The smallest absolute Gasteiger partial charge is 0.273 e. The molecule has 0 aliphatic rings. The maximum Gasteiger partial charge on any atom is 0.273 e. The molecule has 4 nitrogen and oxygen atoms in total. The third kappa shape index (κ3) is 2.92. The summed E-state index contributed by atoms with van der Waals surface area (Å²) < 4.78 is 17.7. The topological polar surface area (TPSA) is 52.4 Å². The number of alkyl halides is 1. The molecule has 0 saturated heterocycles. The molecule has 0 aromatic heterocycles. The number of rotatable bonds is 5. The van der Waals surface area contributed by atoms with Gasteiger partial charge in [-0.1, -0.05) is 6.92 Å². The highest BCUT2D eigenvalue weighted by Gasteiger charge is 2.14. The lowest BCUT2D eigenvalue weighted by atomic mass is 10.0. The zero-order chi connectivity index (χ0) is 12.1. The van der Waals surface area contributed by atoms with Crippen LogP contribution in [0, 0.1) is 16.0 Å². The van der Waals surface area contributed by atoms with Gasteiger partial charge in [-0.05, 0) is 18.6 Å². The molecule has 0 N–H and O–H groups in total. The zero-order valence-corrected chi connectivity index (χ0v) is 9.20. The van der Waals surface area contributed by atoms with Gasteiger partial charge < -0.3 is 4.74 Å². The first-order valence-electron chi connectivity index (χ1n) is 4.89. The van der Waals surface area contributed by atoms with Gasteiger partial charge in [0.15, 0.2) is 0 Å². The molecule has 0 aliphatic heterocycles. The molecule has 0 aliphatic carbocycles. The maximum absolute atomic E-state index is 12.5. The fourth-order valence-electron chi connectivity index (χ4n) is 1.26. The molecule has 1 aromatic rings. The summed E-state index contributed by atoms with van der Waals surface area (Å²) in [6.07, 6.45) is 0. The summed E-state index contributed by atoms with van der Waals surface area (Å²) >= 11 is 0. The van der Waals surface area contributed by atoms with Crippen molar-refractivity contribution in [1.29, 1.82) is 0 Å². The number of non-ortho nitro benzene ring substituents is 1. The van der Waals surface area contributed by atoms with Crippen LogP contribution in [-0.4, -0.2) is 18.2 Å². The van der Waals surface area contributed by atoms with Crippen molar-refractivity contribution in [3.8, 4) is 5.75 Å².